The molecule has 0 saturated carbocycles. The number of allylic oxidation sites excluding steroid dienone is 4. The highest BCUT2D eigenvalue weighted by atomic mass is 16.7. The Hall–Kier alpha value is -1.33. The molecule has 0 bridgehead atoms. The predicted molar refractivity (Wildman–Crippen MR) is 235 cm³/mol. The molecular formula is C48H91NO8. The van der Waals surface area contributed by atoms with Crippen LogP contribution < -0.4 is 5.32 Å². The number of aliphatic hydroxyl groups excluding tert-OH is 5. The average molecular weight is 810 g/mol. The summed E-state index contributed by atoms with van der Waals surface area (Å²) in [6.45, 7) is 3.81. The number of ether oxygens (including phenoxy) is 2. The number of rotatable bonds is 40. The van der Waals surface area contributed by atoms with Crippen LogP contribution in [0.15, 0.2) is 24.3 Å². The van der Waals surface area contributed by atoms with E-state index in [4.69, 9.17) is 9.47 Å². The molecule has 7 atom stereocenters. The lowest BCUT2D eigenvalue weighted by molar-refractivity contribution is -0.302. The van der Waals surface area contributed by atoms with Gasteiger partial charge in [0, 0.05) is 6.42 Å². The zero-order chi connectivity index (χ0) is 41.6. The first-order valence-corrected chi connectivity index (χ1v) is 24.0. The van der Waals surface area contributed by atoms with E-state index in [1.807, 2.05) is 0 Å². The third kappa shape index (κ3) is 29.5. The van der Waals surface area contributed by atoms with Crippen molar-refractivity contribution in [2.24, 2.45) is 0 Å². The molecule has 1 aliphatic heterocycles. The number of nitrogens with one attached hydrogen (secondary N) is 1. The lowest BCUT2D eigenvalue weighted by atomic mass is 9.99. The first kappa shape index (κ1) is 53.7. The van der Waals surface area contributed by atoms with Crippen LogP contribution in [0.3, 0.4) is 0 Å². The second kappa shape index (κ2) is 38.8. The van der Waals surface area contributed by atoms with Gasteiger partial charge in [-0.15, -0.1) is 0 Å². The highest BCUT2D eigenvalue weighted by Gasteiger charge is 2.44. The first-order chi connectivity index (χ1) is 27.8. The van der Waals surface area contributed by atoms with Crippen LogP contribution in [0.1, 0.15) is 219 Å². The molecule has 1 heterocycles. The van der Waals surface area contributed by atoms with Crippen molar-refractivity contribution in [3.05, 3.63) is 24.3 Å². The van der Waals surface area contributed by atoms with Gasteiger partial charge in [0.2, 0.25) is 5.91 Å². The van der Waals surface area contributed by atoms with Crippen molar-refractivity contribution >= 4 is 5.91 Å². The summed E-state index contributed by atoms with van der Waals surface area (Å²) >= 11 is 0. The van der Waals surface area contributed by atoms with Gasteiger partial charge < -0.3 is 40.3 Å². The minimum atomic E-state index is -1.55. The highest BCUT2D eigenvalue weighted by molar-refractivity contribution is 5.76. The molecule has 0 aromatic carbocycles. The van der Waals surface area contributed by atoms with Crippen molar-refractivity contribution in [1.82, 2.24) is 5.32 Å². The summed E-state index contributed by atoms with van der Waals surface area (Å²) in [5.41, 5.74) is 0. The van der Waals surface area contributed by atoms with Crippen LogP contribution in [0.2, 0.25) is 0 Å². The van der Waals surface area contributed by atoms with Crippen molar-refractivity contribution in [3.8, 4) is 0 Å². The number of amides is 1. The van der Waals surface area contributed by atoms with Gasteiger partial charge in [-0.25, -0.2) is 0 Å². The summed E-state index contributed by atoms with van der Waals surface area (Å²) < 4.78 is 11.2. The standard InChI is InChI=1S/C48H91NO8/c1-3-5-7-9-11-13-15-16-17-18-19-20-21-22-23-24-25-26-28-30-32-34-36-38-44(52)49-41(40-56-48-47(55)46(54)45(53)43(39-50)57-48)42(51)37-35-33-31-29-27-14-12-10-8-6-4-2/h15-16,18-19,41-43,45-48,50-51,53-55H,3-14,17,20-40H2,1-2H3,(H,49,52)/b16-15-,19-18-. The Kier molecular flexibility index (Phi) is 36.6. The van der Waals surface area contributed by atoms with Gasteiger partial charge in [0.1, 0.15) is 24.4 Å². The second-order valence-corrected chi connectivity index (χ2v) is 16.9. The smallest absolute Gasteiger partial charge is 0.220 e. The van der Waals surface area contributed by atoms with E-state index in [0.29, 0.717) is 12.8 Å². The van der Waals surface area contributed by atoms with E-state index < -0.39 is 49.5 Å². The summed E-state index contributed by atoms with van der Waals surface area (Å²) in [6.07, 6.45) is 39.0. The maximum atomic E-state index is 13.0. The Morgan fingerprint density at radius 2 is 1.04 bits per heavy atom. The quantitative estimate of drug-likeness (QED) is 0.0265. The van der Waals surface area contributed by atoms with Gasteiger partial charge in [0.15, 0.2) is 6.29 Å². The fourth-order valence-electron chi connectivity index (χ4n) is 7.66. The Balaban J connectivity index is 2.24. The van der Waals surface area contributed by atoms with Crippen LogP contribution in [-0.4, -0.2) is 87.5 Å². The number of unbranched alkanes of at least 4 members (excludes halogenated alkanes) is 26. The maximum Gasteiger partial charge on any atom is 0.220 e. The van der Waals surface area contributed by atoms with Crippen LogP contribution in [0.25, 0.3) is 0 Å². The highest BCUT2D eigenvalue weighted by Crippen LogP contribution is 2.23. The van der Waals surface area contributed by atoms with Gasteiger partial charge in [0.05, 0.1) is 25.4 Å². The normalized spacial score (nSPS) is 21.1. The summed E-state index contributed by atoms with van der Waals surface area (Å²) in [6, 6.07) is -0.716. The SMILES string of the molecule is CCCCCCC/C=C\C/C=C\CCCCCCCCCCCCCC(=O)NC(COC1OC(CO)C(O)C(O)C1O)C(O)CCCCCCCCCCCCC. The van der Waals surface area contributed by atoms with Gasteiger partial charge in [0.25, 0.3) is 0 Å². The molecule has 0 radical (unpaired) electrons. The summed E-state index contributed by atoms with van der Waals surface area (Å²) in [5.74, 6) is -0.147. The molecule has 0 aromatic rings. The van der Waals surface area contributed by atoms with Crippen LogP contribution in [0.5, 0.6) is 0 Å². The maximum absolute atomic E-state index is 13.0. The van der Waals surface area contributed by atoms with Crippen molar-refractivity contribution in [2.45, 2.75) is 262 Å². The van der Waals surface area contributed by atoms with Gasteiger partial charge >= 0.3 is 0 Å². The minimum Gasteiger partial charge on any atom is -0.394 e. The summed E-state index contributed by atoms with van der Waals surface area (Å²) in [5, 5.41) is 54.3. The molecule has 1 saturated heterocycles. The van der Waals surface area contributed by atoms with Crippen LogP contribution >= 0.6 is 0 Å². The zero-order valence-corrected chi connectivity index (χ0v) is 36.9. The molecule has 0 spiro atoms. The van der Waals surface area contributed by atoms with E-state index >= 15 is 0 Å². The van der Waals surface area contributed by atoms with Gasteiger partial charge in [-0.05, 0) is 44.9 Å². The molecule has 6 N–H and O–H groups in total. The van der Waals surface area contributed by atoms with E-state index in [0.717, 1.165) is 44.9 Å². The molecule has 336 valence electrons. The zero-order valence-electron chi connectivity index (χ0n) is 36.9. The van der Waals surface area contributed by atoms with E-state index in [1.54, 1.807) is 0 Å². The lowest BCUT2D eigenvalue weighted by Crippen LogP contribution is -2.60. The topological polar surface area (TPSA) is 149 Å². The fourth-order valence-corrected chi connectivity index (χ4v) is 7.66. The minimum absolute atomic E-state index is 0.137. The second-order valence-electron chi connectivity index (χ2n) is 16.9. The van der Waals surface area contributed by atoms with Crippen molar-refractivity contribution in [2.75, 3.05) is 13.2 Å². The molecular weight excluding hydrogens is 719 g/mol. The third-order valence-electron chi connectivity index (χ3n) is 11.6. The van der Waals surface area contributed by atoms with E-state index in [-0.39, 0.29) is 12.5 Å². The monoisotopic (exact) mass is 810 g/mol. The fraction of sp³-hybridized carbons (Fsp3) is 0.896. The summed E-state index contributed by atoms with van der Waals surface area (Å²) in [4.78, 5) is 13.0. The lowest BCUT2D eigenvalue weighted by Gasteiger charge is -2.40. The molecule has 1 amide bonds. The molecule has 7 unspecified atom stereocenters. The van der Waals surface area contributed by atoms with E-state index in [1.165, 1.54) is 148 Å². The molecule has 9 heteroatoms. The number of carbonyl (C=O) groups is 1. The van der Waals surface area contributed by atoms with Gasteiger partial charge in [-0.3, -0.25) is 4.79 Å². The Bertz CT molecular complexity index is 945. The van der Waals surface area contributed by atoms with E-state index in [9.17, 15) is 30.3 Å². The molecule has 57 heavy (non-hydrogen) atoms. The number of hydrogen-bond donors (Lipinski definition) is 6. The van der Waals surface area contributed by atoms with Crippen molar-refractivity contribution in [3.63, 3.8) is 0 Å². The Morgan fingerprint density at radius 1 is 0.596 bits per heavy atom. The number of hydrogen-bond acceptors (Lipinski definition) is 8. The largest absolute Gasteiger partial charge is 0.394 e. The van der Waals surface area contributed by atoms with Crippen molar-refractivity contribution < 1.29 is 39.8 Å². The average Bonchev–Trinajstić information content (AvgIpc) is 3.21. The molecule has 1 fully saturated rings. The molecule has 1 aliphatic rings. The number of carbonyl (C=O) groups excluding carboxylic acids is 1. The van der Waals surface area contributed by atoms with Crippen LogP contribution in [0.4, 0.5) is 0 Å². The summed E-state index contributed by atoms with van der Waals surface area (Å²) in [7, 11) is 0. The Labute approximate surface area is 349 Å². The van der Waals surface area contributed by atoms with Crippen LogP contribution in [-0.2, 0) is 14.3 Å². The third-order valence-corrected chi connectivity index (χ3v) is 11.6. The molecule has 0 aliphatic carbocycles. The van der Waals surface area contributed by atoms with Crippen LogP contribution in [0, 0.1) is 0 Å². The number of aliphatic hydroxyl groups is 5. The van der Waals surface area contributed by atoms with E-state index in [2.05, 4.69) is 43.5 Å². The molecule has 0 aromatic heterocycles. The first-order valence-electron chi connectivity index (χ1n) is 24.0. The molecule has 9 nitrogen and oxygen atoms in total. The van der Waals surface area contributed by atoms with Gasteiger partial charge in [-0.2, -0.15) is 0 Å². The van der Waals surface area contributed by atoms with Crippen molar-refractivity contribution in [1.29, 1.82) is 0 Å². The van der Waals surface area contributed by atoms with Gasteiger partial charge in [-0.1, -0.05) is 192 Å². The Morgan fingerprint density at radius 3 is 1.51 bits per heavy atom. The predicted octanol–water partition coefficient (Wildman–Crippen LogP) is 10.3. The molecule has 1 rings (SSSR count).